The largest absolute Gasteiger partial charge is 0.242 e. The zero-order valence-electron chi connectivity index (χ0n) is 6.97. The smallest absolute Gasteiger partial charge is 0.0861 e. The van der Waals surface area contributed by atoms with Gasteiger partial charge in [-0.1, -0.05) is 32.1 Å². The Hall–Kier alpha value is -0.620. The van der Waals surface area contributed by atoms with Crippen LogP contribution < -0.4 is 0 Å². The van der Waals surface area contributed by atoms with E-state index in [2.05, 4.69) is 11.0 Å². The predicted molar refractivity (Wildman–Crippen MR) is 46.2 cm³/mol. The van der Waals surface area contributed by atoms with E-state index in [1.807, 2.05) is 0 Å². The summed E-state index contributed by atoms with van der Waals surface area (Å²) in [5, 5.41) is 6.60. The minimum atomic E-state index is 0.814. The van der Waals surface area contributed by atoms with Crippen LogP contribution in [-0.2, 0) is 0 Å². The van der Waals surface area contributed by atoms with E-state index in [1.165, 1.54) is 38.5 Å². The molecular formula is C9H16N2. The zero-order chi connectivity index (χ0) is 7.94. The average Bonchev–Trinajstić information content (AvgIpc) is 2.07. The molecule has 1 saturated carbocycles. The molecule has 0 amide bonds. The average molecular weight is 152 g/mol. The zero-order valence-corrected chi connectivity index (χ0v) is 6.97. The van der Waals surface area contributed by atoms with Crippen LogP contribution >= 0.6 is 0 Å². The van der Waals surface area contributed by atoms with Gasteiger partial charge in [0.25, 0.3) is 0 Å². The van der Waals surface area contributed by atoms with Crippen LogP contribution in [0.1, 0.15) is 38.5 Å². The maximum Gasteiger partial charge on any atom is 0.0861 e. The molecule has 0 spiro atoms. The molecule has 2 heteroatoms. The van der Waals surface area contributed by atoms with Gasteiger partial charge in [-0.25, -0.2) is 10.4 Å². The Morgan fingerprint density at radius 3 is 2.64 bits per heavy atom. The normalized spacial score (nSPS) is 19.3. The van der Waals surface area contributed by atoms with Crippen LogP contribution in [0.25, 0.3) is 0 Å². The topological polar surface area (TPSA) is 36.2 Å². The third-order valence-electron chi connectivity index (χ3n) is 2.45. The fourth-order valence-corrected chi connectivity index (χ4v) is 1.78. The van der Waals surface area contributed by atoms with E-state index in [4.69, 9.17) is 5.41 Å². The second kappa shape index (κ2) is 5.09. The van der Waals surface area contributed by atoms with Gasteiger partial charge in [-0.15, -0.1) is 0 Å². The van der Waals surface area contributed by atoms with Gasteiger partial charge in [0, 0.05) is 0 Å². The van der Waals surface area contributed by atoms with Crippen molar-refractivity contribution in [2.75, 3.05) is 6.54 Å². The molecule has 0 saturated heterocycles. The van der Waals surface area contributed by atoms with Gasteiger partial charge in [-0.3, -0.25) is 0 Å². The number of hydrogen-bond acceptors (Lipinski definition) is 2. The van der Waals surface area contributed by atoms with Gasteiger partial charge in [-0.05, 0) is 12.3 Å². The van der Waals surface area contributed by atoms with Crippen LogP contribution in [0.15, 0.2) is 4.99 Å². The molecule has 0 unspecified atom stereocenters. The molecule has 0 bridgehead atoms. The van der Waals surface area contributed by atoms with E-state index in [1.54, 1.807) is 0 Å². The molecular weight excluding hydrogens is 136 g/mol. The third-order valence-corrected chi connectivity index (χ3v) is 2.45. The molecule has 0 heterocycles. The van der Waals surface area contributed by atoms with E-state index in [-0.39, 0.29) is 0 Å². The van der Waals surface area contributed by atoms with Crippen molar-refractivity contribution >= 4 is 6.01 Å². The highest BCUT2D eigenvalue weighted by Gasteiger charge is 2.11. The highest BCUT2D eigenvalue weighted by Crippen LogP contribution is 2.25. The van der Waals surface area contributed by atoms with Crippen molar-refractivity contribution < 1.29 is 0 Å². The van der Waals surface area contributed by atoms with Crippen LogP contribution in [0.3, 0.4) is 0 Å². The Morgan fingerprint density at radius 1 is 1.27 bits per heavy atom. The maximum absolute atomic E-state index is 6.60. The molecule has 0 aromatic rings. The lowest BCUT2D eigenvalue weighted by atomic mass is 9.87. The molecule has 62 valence electrons. The van der Waals surface area contributed by atoms with Gasteiger partial charge >= 0.3 is 0 Å². The molecule has 0 radical (unpaired) electrons. The fraction of sp³-hybridized carbons (Fsp3) is 0.889. The summed E-state index contributed by atoms with van der Waals surface area (Å²) < 4.78 is 0. The molecule has 1 aliphatic rings. The van der Waals surface area contributed by atoms with Crippen LogP contribution in [0.2, 0.25) is 0 Å². The van der Waals surface area contributed by atoms with Crippen LogP contribution in [-0.4, -0.2) is 12.6 Å². The minimum absolute atomic E-state index is 0.814. The van der Waals surface area contributed by atoms with E-state index in [0.29, 0.717) is 0 Å². The van der Waals surface area contributed by atoms with E-state index >= 15 is 0 Å². The minimum Gasteiger partial charge on any atom is -0.242 e. The van der Waals surface area contributed by atoms with Gasteiger partial charge in [0.05, 0.1) is 12.6 Å². The van der Waals surface area contributed by atoms with Gasteiger partial charge < -0.3 is 0 Å². The summed E-state index contributed by atoms with van der Waals surface area (Å²) in [6.07, 6.45) is 8.16. The Morgan fingerprint density at radius 2 is 2.00 bits per heavy atom. The van der Waals surface area contributed by atoms with Crippen LogP contribution in [0.5, 0.6) is 0 Å². The molecule has 1 fully saturated rings. The molecule has 1 N–H and O–H groups in total. The Balaban J connectivity index is 2.09. The lowest BCUT2D eigenvalue weighted by Gasteiger charge is -2.19. The SMILES string of the molecule is N=C=NCCC1CCCCC1. The molecule has 0 aliphatic heterocycles. The molecule has 11 heavy (non-hydrogen) atoms. The number of hydrogen-bond donors (Lipinski definition) is 1. The molecule has 2 nitrogen and oxygen atoms in total. The summed E-state index contributed by atoms with van der Waals surface area (Å²) >= 11 is 0. The quantitative estimate of drug-likeness (QED) is 0.604. The predicted octanol–water partition coefficient (Wildman–Crippen LogP) is 2.71. The highest BCUT2D eigenvalue weighted by atomic mass is 14.7. The monoisotopic (exact) mass is 152 g/mol. The van der Waals surface area contributed by atoms with Crippen LogP contribution in [0, 0.1) is 11.3 Å². The number of aliphatic imine (C=N–C) groups is 1. The van der Waals surface area contributed by atoms with Crippen molar-refractivity contribution in [1.82, 2.24) is 0 Å². The molecule has 0 atom stereocenters. The third kappa shape index (κ3) is 3.33. The summed E-state index contributed by atoms with van der Waals surface area (Å²) in [4.78, 5) is 3.78. The molecule has 1 rings (SSSR count). The number of nitrogens with zero attached hydrogens (tertiary/aromatic N) is 1. The summed E-state index contributed by atoms with van der Waals surface area (Å²) in [5.41, 5.74) is 0. The van der Waals surface area contributed by atoms with Crippen LogP contribution in [0.4, 0.5) is 0 Å². The van der Waals surface area contributed by atoms with Gasteiger partial charge in [-0.2, -0.15) is 0 Å². The highest BCUT2D eigenvalue weighted by molar-refractivity contribution is 5.35. The Labute approximate surface area is 68.2 Å². The lowest BCUT2D eigenvalue weighted by molar-refractivity contribution is 0.343. The summed E-state index contributed by atoms with van der Waals surface area (Å²) in [6, 6.07) is 2.08. The second-order valence-corrected chi connectivity index (χ2v) is 3.29. The first-order valence-corrected chi connectivity index (χ1v) is 4.51. The first kappa shape index (κ1) is 8.48. The fourth-order valence-electron chi connectivity index (χ4n) is 1.78. The molecule has 0 aromatic heterocycles. The van der Waals surface area contributed by atoms with Gasteiger partial charge in [0.15, 0.2) is 0 Å². The summed E-state index contributed by atoms with van der Waals surface area (Å²) in [6.45, 7) is 0.814. The molecule has 0 aromatic carbocycles. The molecule has 1 aliphatic carbocycles. The number of nitrogens with one attached hydrogen (secondary N) is 1. The second-order valence-electron chi connectivity index (χ2n) is 3.29. The number of rotatable bonds is 3. The van der Waals surface area contributed by atoms with Crippen molar-refractivity contribution in [3.63, 3.8) is 0 Å². The van der Waals surface area contributed by atoms with E-state index in [9.17, 15) is 0 Å². The van der Waals surface area contributed by atoms with Crippen molar-refractivity contribution in [3.05, 3.63) is 0 Å². The summed E-state index contributed by atoms with van der Waals surface area (Å²) in [5.74, 6) is 0.890. The van der Waals surface area contributed by atoms with Crippen molar-refractivity contribution in [3.8, 4) is 0 Å². The lowest BCUT2D eigenvalue weighted by Crippen LogP contribution is -2.07. The van der Waals surface area contributed by atoms with Crippen molar-refractivity contribution in [2.24, 2.45) is 10.9 Å². The summed E-state index contributed by atoms with van der Waals surface area (Å²) in [7, 11) is 0. The van der Waals surface area contributed by atoms with Crippen molar-refractivity contribution in [2.45, 2.75) is 38.5 Å². The first-order chi connectivity index (χ1) is 5.43. The Bertz CT molecular complexity index is 142. The maximum atomic E-state index is 6.60. The van der Waals surface area contributed by atoms with Crippen molar-refractivity contribution in [1.29, 1.82) is 5.41 Å². The van der Waals surface area contributed by atoms with E-state index < -0.39 is 0 Å². The van der Waals surface area contributed by atoms with E-state index in [0.717, 1.165) is 12.5 Å². The van der Waals surface area contributed by atoms with Gasteiger partial charge in [0.1, 0.15) is 0 Å². The standard InChI is InChI=1S/C9H16N2/c10-8-11-7-6-9-4-2-1-3-5-9/h9-10H,1-7H2. The first-order valence-electron chi connectivity index (χ1n) is 4.51. The Kier molecular flexibility index (Phi) is 3.92. The van der Waals surface area contributed by atoms with Gasteiger partial charge in [0.2, 0.25) is 0 Å².